The first kappa shape index (κ1) is 47.8. The fraction of sp³-hybridized carbons (Fsp3) is 0.833. The van der Waals surface area contributed by atoms with E-state index in [-0.39, 0.29) is 36.2 Å². The van der Waals surface area contributed by atoms with E-state index in [4.69, 9.17) is 14.2 Å². The van der Waals surface area contributed by atoms with E-state index >= 15 is 0 Å². The van der Waals surface area contributed by atoms with Gasteiger partial charge in [-0.2, -0.15) is 0 Å². The highest BCUT2D eigenvalue weighted by atomic mass is 16.6. The SMILES string of the molecule is CCCCCC/C=C/CCCC(=O)OCC(COCCC(C(=O)O)[N+](C)(C)C)OC(=O)CCCCCCCCC/C=C/CCCCCCCC. The number of carboxylic acids is 1. The van der Waals surface area contributed by atoms with E-state index < -0.39 is 18.1 Å². The van der Waals surface area contributed by atoms with E-state index in [1.54, 1.807) is 0 Å². The van der Waals surface area contributed by atoms with Crippen molar-refractivity contribution in [3.05, 3.63) is 24.3 Å². The summed E-state index contributed by atoms with van der Waals surface area (Å²) in [6.07, 6.45) is 35.1. The summed E-state index contributed by atoms with van der Waals surface area (Å²) < 4.78 is 17.2. The van der Waals surface area contributed by atoms with Crippen molar-refractivity contribution in [2.45, 2.75) is 187 Å². The quantitative estimate of drug-likeness (QED) is 0.0299. The smallest absolute Gasteiger partial charge is 0.362 e. The lowest BCUT2D eigenvalue weighted by Crippen LogP contribution is -2.50. The number of carboxylic acid groups (broad SMARTS) is 1. The van der Waals surface area contributed by atoms with Crippen LogP contribution < -0.4 is 0 Å². The number of likely N-dealkylation sites (N-methyl/N-ethyl adjacent to an activating group) is 1. The Balaban J connectivity index is 4.36. The predicted octanol–water partition coefficient (Wildman–Crippen LogP) is 10.5. The lowest BCUT2D eigenvalue weighted by Gasteiger charge is -2.31. The maximum atomic E-state index is 12.7. The number of unbranched alkanes of at least 4 members (excludes halogenated alkanes) is 18. The van der Waals surface area contributed by atoms with E-state index in [1.807, 2.05) is 21.1 Å². The first-order valence-electron chi connectivity index (χ1n) is 20.4. The molecule has 0 aromatic heterocycles. The molecule has 8 heteroatoms. The molecule has 0 rings (SSSR count). The van der Waals surface area contributed by atoms with Gasteiger partial charge in [0.2, 0.25) is 0 Å². The van der Waals surface area contributed by atoms with Gasteiger partial charge in [0.25, 0.3) is 0 Å². The van der Waals surface area contributed by atoms with Crippen molar-refractivity contribution in [2.24, 2.45) is 0 Å². The number of esters is 2. The molecule has 0 saturated heterocycles. The Labute approximate surface area is 307 Å². The molecule has 2 atom stereocenters. The van der Waals surface area contributed by atoms with Crippen molar-refractivity contribution < 1.29 is 38.2 Å². The minimum atomic E-state index is -0.879. The monoisotopic (exact) mass is 709 g/mol. The number of aliphatic carboxylic acids is 1. The minimum absolute atomic E-state index is 0.0531. The Kier molecular flexibility index (Phi) is 32.4. The number of allylic oxidation sites excluding steroid dienone is 4. The molecule has 0 radical (unpaired) electrons. The van der Waals surface area contributed by atoms with E-state index in [9.17, 15) is 19.5 Å². The van der Waals surface area contributed by atoms with Gasteiger partial charge in [-0.25, -0.2) is 4.79 Å². The van der Waals surface area contributed by atoms with Crippen molar-refractivity contribution in [1.29, 1.82) is 0 Å². The van der Waals surface area contributed by atoms with Crippen LogP contribution in [0.5, 0.6) is 0 Å². The standard InChI is InChI=1S/C42H77NO7/c1-6-8-10-12-14-16-17-18-19-20-21-22-23-25-27-29-31-33-41(45)50-38(36-48-35-34-39(42(46)47)43(3,4)5)37-49-40(44)32-30-28-26-24-15-13-11-9-7-2/h18-19,24,26,38-39H,6-17,20-23,25,27-37H2,1-5H3/p+1/b19-18+,26-24+. The molecular weight excluding hydrogens is 630 g/mol. The second-order valence-corrected chi connectivity index (χ2v) is 14.9. The second-order valence-electron chi connectivity index (χ2n) is 14.9. The lowest BCUT2D eigenvalue weighted by atomic mass is 10.1. The first-order chi connectivity index (χ1) is 24.1. The molecule has 8 nitrogen and oxygen atoms in total. The third kappa shape index (κ3) is 31.8. The highest BCUT2D eigenvalue weighted by Gasteiger charge is 2.31. The van der Waals surface area contributed by atoms with Crippen LogP contribution in [0.4, 0.5) is 0 Å². The van der Waals surface area contributed by atoms with Gasteiger partial charge in [-0.15, -0.1) is 0 Å². The number of carbonyl (C=O) groups excluding carboxylic acids is 2. The summed E-state index contributed by atoms with van der Waals surface area (Å²) in [5, 5.41) is 9.58. The largest absolute Gasteiger partial charge is 0.477 e. The summed E-state index contributed by atoms with van der Waals surface area (Å²) in [6.45, 7) is 4.66. The zero-order valence-electron chi connectivity index (χ0n) is 33.1. The average Bonchev–Trinajstić information content (AvgIpc) is 3.06. The number of quaternary nitrogens is 1. The molecule has 0 aromatic rings. The number of hydrogen-bond acceptors (Lipinski definition) is 6. The van der Waals surface area contributed by atoms with E-state index in [0.29, 0.717) is 25.7 Å². The van der Waals surface area contributed by atoms with Gasteiger partial charge in [-0.05, 0) is 57.8 Å². The zero-order valence-corrected chi connectivity index (χ0v) is 33.1. The van der Waals surface area contributed by atoms with Crippen molar-refractivity contribution in [3.8, 4) is 0 Å². The highest BCUT2D eigenvalue weighted by molar-refractivity contribution is 5.72. The normalized spacial score (nSPS) is 13.2. The number of ether oxygens (including phenoxy) is 3. The van der Waals surface area contributed by atoms with Gasteiger partial charge < -0.3 is 23.8 Å². The Hall–Kier alpha value is -2.19. The topological polar surface area (TPSA) is 99.1 Å². The van der Waals surface area contributed by atoms with Crippen LogP contribution in [0.15, 0.2) is 24.3 Å². The summed E-state index contributed by atoms with van der Waals surface area (Å²) in [5.41, 5.74) is 0. The molecular formula is C42H78NO7+. The van der Waals surface area contributed by atoms with Gasteiger partial charge in [-0.1, -0.05) is 122 Å². The van der Waals surface area contributed by atoms with Gasteiger partial charge in [0.15, 0.2) is 12.1 Å². The second kappa shape index (κ2) is 33.9. The number of carbonyl (C=O) groups is 3. The molecule has 0 bridgehead atoms. The summed E-state index contributed by atoms with van der Waals surface area (Å²) in [5.74, 6) is -1.51. The number of nitrogens with zero attached hydrogens (tertiary/aromatic N) is 1. The summed E-state index contributed by atoms with van der Waals surface area (Å²) in [7, 11) is 5.51. The van der Waals surface area contributed by atoms with Gasteiger partial charge >= 0.3 is 17.9 Å². The summed E-state index contributed by atoms with van der Waals surface area (Å²) in [6, 6.07) is -0.615. The van der Waals surface area contributed by atoms with Crippen LogP contribution in [0, 0.1) is 0 Å². The van der Waals surface area contributed by atoms with Crippen LogP contribution in [0.25, 0.3) is 0 Å². The molecule has 0 aliphatic heterocycles. The first-order valence-corrected chi connectivity index (χ1v) is 20.4. The summed E-state index contributed by atoms with van der Waals surface area (Å²) >= 11 is 0. The Morgan fingerprint density at radius 3 is 1.52 bits per heavy atom. The van der Waals surface area contributed by atoms with Gasteiger partial charge in [-0.3, -0.25) is 9.59 Å². The van der Waals surface area contributed by atoms with Gasteiger partial charge in [0.05, 0.1) is 34.4 Å². The molecule has 0 aliphatic carbocycles. The van der Waals surface area contributed by atoms with E-state index in [0.717, 1.165) is 32.1 Å². The Morgan fingerprint density at radius 1 is 0.580 bits per heavy atom. The molecule has 0 aromatic carbocycles. The van der Waals surface area contributed by atoms with Crippen LogP contribution in [0.3, 0.4) is 0 Å². The van der Waals surface area contributed by atoms with Crippen molar-refractivity contribution in [3.63, 3.8) is 0 Å². The van der Waals surface area contributed by atoms with Crippen LogP contribution in [0.1, 0.15) is 174 Å². The summed E-state index contributed by atoms with van der Waals surface area (Å²) in [4.78, 5) is 36.7. The molecule has 50 heavy (non-hydrogen) atoms. The third-order valence-corrected chi connectivity index (χ3v) is 9.07. The van der Waals surface area contributed by atoms with Gasteiger partial charge in [0, 0.05) is 19.3 Å². The molecule has 0 heterocycles. The molecule has 1 N–H and O–H groups in total. The van der Waals surface area contributed by atoms with Gasteiger partial charge in [0.1, 0.15) is 6.61 Å². The fourth-order valence-electron chi connectivity index (χ4n) is 5.85. The van der Waals surface area contributed by atoms with Crippen molar-refractivity contribution >= 4 is 17.9 Å². The van der Waals surface area contributed by atoms with Crippen LogP contribution in [-0.2, 0) is 28.6 Å². The molecule has 292 valence electrons. The van der Waals surface area contributed by atoms with Crippen LogP contribution in [-0.4, -0.2) is 80.6 Å². The maximum Gasteiger partial charge on any atom is 0.362 e. The van der Waals surface area contributed by atoms with Crippen molar-refractivity contribution in [1.82, 2.24) is 0 Å². The fourth-order valence-corrected chi connectivity index (χ4v) is 5.85. The predicted molar refractivity (Wildman–Crippen MR) is 206 cm³/mol. The maximum absolute atomic E-state index is 12.7. The molecule has 2 unspecified atom stereocenters. The van der Waals surface area contributed by atoms with E-state index in [1.165, 1.54) is 103 Å². The van der Waals surface area contributed by atoms with Crippen molar-refractivity contribution in [2.75, 3.05) is 41.0 Å². The number of hydrogen-bond donors (Lipinski definition) is 1. The minimum Gasteiger partial charge on any atom is -0.477 e. The Morgan fingerprint density at radius 2 is 1.02 bits per heavy atom. The molecule has 0 amide bonds. The lowest BCUT2D eigenvalue weighted by molar-refractivity contribution is -0.887. The Bertz CT molecular complexity index is 880. The number of rotatable bonds is 36. The van der Waals surface area contributed by atoms with Crippen LogP contribution >= 0.6 is 0 Å². The molecule has 0 fully saturated rings. The van der Waals surface area contributed by atoms with Crippen LogP contribution in [0.2, 0.25) is 0 Å². The molecule has 0 aliphatic rings. The molecule has 0 spiro atoms. The average molecular weight is 709 g/mol. The third-order valence-electron chi connectivity index (χ3n) is 9.07. The zero-order chi connectivity index (χ0) is 37.1. The highest BCUT2D eigenvalue weighted by Crippen LogP contribution is 2.13. The molecule has 0 saturated carbocycles. The van der Waals surface area contributed by atoms with E-state index in [2.05, 4.69) is 38.2 Å².